The van der Waals surface area contributed by atoms with Crippen LogP contribution < -0.4 is 5.73 Å². The summed E-state index contributed by atoms with van der Waals surface area (Å²) < 4.78 is 40.2. The first-order valence-electron chi connectivity index (χ1n) is 5.40. The van der Waals surface area contributed by atoms with Crippen LogP contribution in [-0.4, -0.2) is 15.3 Å². The van der Waals surface area contributed by atoms with Crippen LogP contribution in [0.3, 0.4) is 0 Å². The fraction of sp³-hybridized carbons (Fsp3) is 0.364. The van der Waals surface area contributed by atoms with Crippen LogP contribution in [0.5, 0.6) is 0 Å². The smallest absolute Gasteiger partial charge is 0.369 e. The third-order valence-corrected chi connectivity index (χ3v) is 3.98. The molecule has 1 aliphatic rings. The van der Waals surface area contributed by atoms with E-state index in [1.54, 1.807) is 16.3 Å². The van der Waals surface area contributed by atoms with E-state index in [1.807, 2.05) is 0 Å². The second-order valence-electron chi connectivity index (χ2n) is 4.18. The van der Waals surface area contributed by atoms with E-state index in [1.165, 1.54) is 6.07 Å². The van der Waals surface area contributed by atoms with Crippen LogP contribution in [0.4, 0.5) is 19.1 Å². The van der Waals surface area contributed by atoms with Gasteiger partial charge in [-0.3, -0.25) is 0 Å². The average Bonchev–Trinajstić information content (AvgIpc) is 2.46. The molecule has 0 radical (unpaired) electrons. The van der Waals surface area contributed by atoms with Crippen molar-refractivity contribution in [2.45, 2.75) is 18.5 Å². The summed E-state index contributed by atoms with van der Waals surface area (Å²) in [5.41, 5.74) is 6.83. The molecule has 2 aromatic rings. The predicted molar refractivity (Wildman–Crippen MR) is 65.3 cm³/mol. The lowest BCUT2D eigenvalue weighted by Crippen LogP contribution is -2.06. The van der Waals surface area contributed by atoms with Crippen LogP contribution in [0.2, 0.25) is 0 Å². The zero-order valence-electron chi connectivity index (χ0n) is 9.29. The Balaban J connectivity index is 2.32. The molecule has 0 amide bonds. The van der Waals surface area contributed by atoms with E-state index in [2.05, 4.69) is 4.98 Å². The SMILES string of the molecule is Nc1nc2cc(C(F)(F)F)cc3c2n1CCSC3. The zero-order valence-corrected chi connectivity index (χ0v) is 10.1. The summed E-state index contributed by atoms with van der Waals surface area (Å²) in [5, 5.41) is 0. The molecule has 0 unspecified atom stereocenters. The minimum atomic E-state index is -4.35. The van der Waals surface area contributed by atoms with Crippen molar-refractivity contribution >= 4 is 28.7 Å². The van der Waals surface area contributed by atoms with E-state index in [4.69, 9.17) is 5.73 Å². The Morgan fingerprint density at radius 3 is 2.83 bits per heavy atom. The Morgan fingerprint density at radius 1 is 1.33 bits per heavy atom. The highest BCUT2D eigenvalue weighted by Gasteiger charge is 2.32. The molecular formula is C11H10F3N3S. The fourth-order valence-electron chi connectivity index (χ4n) is 2.21. The second-order valence-corrected chi connectivity index (χ2v) is 5.28. The highest BCUT2D eigenvalue weighted by Crippen LogP contribution is 2.36. The first-order chi connectivity index (χ1) is 8.47. The van der Waals surface area contributed by atoms with Crippen LogP contribution in [0.25, 0.3) is 11.0 Å². The van der Waals surface area contributed by atoms with Crippen molar-refractivity contribution in [3.05, 3.63) is 23.3 Å². The molecule has 18 heavy (non-hydrogen) atoms. The van der Waals surface area contributed by atoms with Crippen molar-refractivity contribution in [1.29, 1.82) is 0 Å². The van der Waals surface area contributed by atoms with Crippen molar-refractivity contribution in [2.24, 2.45) is 0 Å². The lowest BCUT2D eigenvalue weighted by molar-refractivity contribution is -0.137. The monoisotopic (exact) mass is 273 g/mol. The van der Waals surface area contributed by atoms with Crippen LogP contribution in [0.15, 0.2) is 12.1 Å². The van der Waals surface area contributed by atoms with Crippen molar-refractivity contribution in [2.75, 3.05) is 11.5 Å². The van der Waals surface area contributed by atoms with Gasteiger partial charge < -0.3 is 10.3 Å². The van der Waals surface area contributed by atoms with Gasteiger partial charge in [0.05, 0.1) is 16.6 Å². The molecule has 3 rings (SSSR count). The minimum absolute atomic E-state index is 0.285. The maximum atomic E-state index is 12.8. The normalized spacial score (nSPS) is 15.9. The molecular weight excluding hydrogens is 263 g/mol. The van der Waals surface area contributed by atoms with Crippen LogP contribution in [0, 0.1) is 0 Å². The van der Waals surface area contributed by atoms with Crippen molar-refractivity contribution in [1.82, 2.24) is 9.55 Å². The van der Waals surface area contributed by atoms with E-state index in [0.717, 1.165) is 17.3 Å². The minimum Gasteiger partial charge on any atom is -0.369 e. The molecule has 0 atom stereocenters. The van der Waals surface area contributed by atoms with E-state index < -0.39 is 11.7 Å². The summed E-state index contributed by atoms with van der Waals surface area (Å²) in [6, 6.07) is 2.28. The topological polar surface area (TPSA) is 43.8 Å². The third kappa shape index (κ3) is 1.73. The molecule has 1 aromatic heterocycles. The van der Waals surface area contributed by atoms with Gasteiger partial charge in [0.15, 0.2) is 0 Å². The Kier molecular flexibility index (Phi) is 2.48. The van der Waals surface area contributed by atoms with Crippen LogP contribution >= 0.6 is 11.8 Å². The van der Waals surface area contributed by atoms with Gasteiger partial charge in [0, 0.05) is 18.1 Å². The van der Waals surface area contributed by atoms with Crippen LogP contribution in [-0.2, 0) is 18.5 Å². The second kappa shape index (κ2) is 3.81. The summed E-state index contributed by atoms with van der Waals surface area (Å²) in [7, 11) is 0. The molecule has 2 heterocycles. The number of benzene rings is 1. The molecule has 0 saturated heterocycles. The van der Waals surface area contributed by atoms with E-state index >= 15 is 0 Å². The van der Waals surface area contributed by atoms with Gasteiger partial charge in [0.1, 0.15) is 0 Å². The standard InChI is InChI=1S/C11H10F3N3S/c12-11(13,14)7-3-6-5-18-2-1-17-9(6)8(4-7)16-10(17)15/h3-4H,1-2,5H2,(H2,15,16). The largest absolute Gasteiger partial charge is 0.416 e. The summed E-state index contributed by atoms with van der Waals surface area (Å²) in [6.07, 6.45) is -4.35. The van der Waals surface area contributed by atoms with Gasteiger partial charge in [0.25, 0.3) is 0 Å². The van der Waals surface area contributed by atoms with Gasteiger partial charge in [-0.25, -0.2) is 4.98 Å². The molecule has 0 bridgehead atoms. The first kappa shape index (κ1) is 11.7. The van der Waals surface area contributed by atoms with Gasteiger partial charge in [-0.15, -0.1) is 0 Å². The lowest BCUT2D eigenvalue weighted by atomic mass is 10.1. The number of halogens is 3. The summed E-state index contributed by atoms with van der Waals surface area (Å²) in [5.74, 6) is 1.67. The third-order valence-electron chi connectivity index (χ3n) is 2.99. The summed E-state index contributed by atoms with van der Waals surface area (Å²) in [6.45, 7) is 0.686. The van der Waals surface area contributed by atoms with E-state index in [-0.39, 0.29) is 5.95 Å². The first-order valence-corrected chi connectivity index (χ1v) is 6.56. The number of nitrogens with two attached hydrogens (primary N) is 1. The number of hydrogen-bond donors (Lipinski definition) is 1. The van der Waals surface area contributed by atoms with Crippen LogP contribution in [0.1, 0.15) is 11.1 Å². The van der Waals surface area contributed by atoms with Gasteiger partial charge >= 0.3 is 6.18 Å². The highest BCUT2D eigenvalue weighted by atomic mass is 32.2. The predicted octanol–water partition coefficient (Wildman–Crippen LogP) is 2.88. The molecule has 0 fully saturated rings. The lowest BCUT2D eigenvalue weighted by Gasteiger charge is -2.09. The molecule has 1 aliphatic heterocycles. The number of rotatable bonds is 0. The van der Waals surface area contributed by atoms with Crippen molar-refractivity contribution in [3.63, 3.8) is 0 Å². The number of nitrogen functional groups attached to an aromatic ring is 1. The Hall–Kier alpha value is -1.37. The Labute approximate surface area is 105 Å². The molecule has 0 aliphatic carbocycles. The number of nitrogens with zero attached hydrogens (tertiary/aromatic N) is 2. The number of imidazole rings is 1. The van der Waals surface area contributed by atoms with Gasteiger partial charge in [-0.05, 0) is 17.7 Å². The number of anilines is 1. The van der Waals surface area contributed by atoms with Crippen molar-refractivity contribution in [3.8, 4) is 0 Å². The number of thioether (sulfide) groups is 1. The summed E-state index contributed by atoms with van der Waals surface area (Å²) >= 11 is 1.61. The molecule has 3 nitrogen and oxygen atoms in total. The Morgan fingerprint density at radius 2 is 2.11 bits per heavy atom. The fourth-order valence-corrected chi connectivity index (χ4v) is 3.11. The van der Waals surface area contributed by atoms with Gasteiger partial charge in [-0.2, -0.15) is 24.9 Å². The maximum Gasteiger partial charge on any atom is 0.416 e. The van der Waals surface area contributed by atoms with Gasteiger partial charge in [0.2, 0.25) is 5.95 Å². The quantitative estimate of drug-likeness (QED) is 0.802. The highest BCUT2D eigenvalue weighted by molar-refractivity contribution is 7.98. The van der Waals surface area contributed by atoms with E-state index in [9.17, 15) is 13.2 Å². The maximum absolute atomic E-state index is 12.8. The number of aryl methyl sites for hydroxylation is 1. The zero-order chi connectivity index (χ0) is 12.9. The number of alkyl halides is 3. The molecule has 1 aromatic carbocycles. The van der Waals surface area contributed by atoms with E-state index in [0.29, 0.717) is 23.4 Å². The van der Waals surface area contributed by atoms with Gasteiger partial charge in [-0.1, -0.05) is 0 Å². The molecule has 2 N–H and O–H groups in total. The Bertz CT molecular complexity index is 618. The van der Waals surface area contributed by atoms with Crippen molar-refractivity contribution < 1.29 is 13.2 Å². The summed E-state index contributed by atoms with van der Waals surface area (Å²) in [4.78, 5) is 4.03. The molecule has 96 valence electrons. The number of aromatic nitrogens is 2. The molecule has 0 saturated carbocycles. The molecule has 0 spiro atoms. The number of hydrogen-bond acceptors (Lipinski definition) is 3. The molecule has 7 heteroatoms. The average molecular weight is 273 g/mol.